The second-order valence-electron chi connectivity index (χ2n) is 0.247. The molecule has 0 aliphatic heterocycles. The number of hydrogen-bond donors (Lipinski definition) is 0. The van der Waals surface area contributed by atoms with Crippen LogP contribution in [0.4, 0.5) is 0 Å². The zero-order valence-corrected chi connectivity index (χ0v) is 4.43. The topological polar surface area (TPSA) is 30.5 Å². The second-order valence-corrected chi connectivity index (χ2v) is 2.23. The molecule has 0 aromatic rings. The molecule has 0 saturated heterocycles. The molecule has 0 aliphatic rings. The predicted molar refractivity (Wildman–Crippen MR) is 25.4 cm³/mol. The van der Waals surface area contributed by atoms with E-state index < -0.39 is 4.96 Å². The molecule has 0 heterocycles. The molecule has 0 saturated carbocycles. The predicted octanol–water partition coefficient (Wildman–Crippen LogP) is 1.21. The fourth-order valence-corrected chi connectivity index (χ4v) is 0. The average molecular weight is 131 g/mol. The number of halogens is 3. The SMILES string of the molecule is ClB(Cl)Cl.[N]. The fourth-order valence-electron chi connectivity index (χ4n) is 0. The summed E-state index contributed by atoms with van der Waals surface area (Å²) in [6.07, 6.45) is 0. The van der Waals surface area contributed by atoms with Crippen molar-refractivity contribution in [1.29, 1.82) is 0 Å². The van der Waals surface area contributed by atoms with Crippen LogP contribution < -0.4 is 6.15 Å². The highest BCUT2D eigenvalue weighted by molar-refractivity contribution is 7.54. The third-order valence-corrected chi connectivity index (χ3v) is 0. The zero-order chi connectivity index (χ0) is 3.58. The third kappa shape index (κ3) is 51.2. The molecule has 0 bridgehead atoms. The van der Waals surface area contributed by atoms with Gasteiger partial charge in [-0.1, -0.05) is 0 Å². The molecule has 0 aromatic carbocycles. The van der Waals surface area contributed by atoms with E-state index in [4.69, 9.17) is 34.4 Å². The minimum atomic E-state index is -0.750. The van der Waals surface area contributed by atoms with Gasteiger partial charge in [0.2, 0.25) is 0 Å². The largest absolute Gasteiger partial charge is 0.450 e. The molecule has 29 valence electrons. The molecule has 5 heavy (non-hydrogen) atoms. The van der Waals surface area contributed by atoms with Gasteiger partial charge in [-0.25, -0.2) is 0 Å². The molecule has 0 aromatic heterocycles. The van der Waals surface area contributed by atoms with Crippen molar-refractivity contribution in [3.8, 4) is 0 Å². The smallest absolute Gasteiger partial charge is 0.150 e. The van der Waals surface area contributed by atoms with Gasteiger partial charge in [-0.05, 0) is 0 Å². The van der Waals surface area contributed by atoms with Crippen molar-refractivity contribution in [3.63, 3.8) is 0 Å². The lowest BCUT2D eigenvalue weighted by Gasteiger charge is -1.61. The monoisotopic (exact) mass is 130 g/mol. The van der Waals surface area contributed by atoms with Crippen LogP contribution in [0.15, 0.2) is 0 Å². The summed E-state index contributed by atoms with van der Waals surface area (Å²) in [7, 11) is 0. The van der Waals surface area contributed by atoms with Gasteiger partial charge in [0.25, 0.3) is 0 Å². The Morgan fingerprint density at radius 2 is 1.00 bits per heavy atom. The maximum absolute atomic E-state index is 4.81. The third-order valence-electron chi connectivity index (χ3n) is 0. The van der Waals surface area contributed by atoms with E-state index in [9.17, 15) is 0 Å². The van der Waals surface area contributed by atoms with Crippen molar-refractivity contribution in [2.45, 2.75) is 0 Å². The van der Waals surface area contributed by atoms with Crippen LogP contribution in [0.25, 0.3) is 0 Å². The number of rotatable bonds is 0. The van der Waals surface area contributed by atoms with Gasteiger partial charge in [-0.3, -0.25) is 0 Å². The van der Waals surface area contributed by atoms with Crippen molar-refractivity contribution >= 4 is 39.3 Å². The fraction of sp³-hybridized carbons (Fsp3) is 0. The summed E-state index contributed by atoms with van der Waals surface area (Å²) in [6, 6.07) is 0. The first kappa shape index (κ1) is 9.31. The van der Waals surface area contributed by atoms with Gasteiger partial charge < -0.3 is 0 Å². The summed E-state index contributed by atoms with van der Waals surface area (Å²) in [5, 5.41) is 0. The molecule has 0 fully saturated rings. The summed E-state index contributed by atoms with van der Waals surface area (Å²) in [4.78, 5) is -0.750. The Bertz CT molecular complexity index is 11.6. The first-order chi connectivity index (χ1) is 1.73. The van der Waals surface area contributed by atoms with Gasteiger partial charge in [0.15, 0.2) is 0 Å². The Morgan fingerprint density at radius 3 is 1.00 bits per heavy atom. The molecular weight excluding hydrogens is 131 g/mol. The molecule has 0 aliphatic carbocycles. The van der Waals surface area contributed by atoms with Crippen LogP contribution in [-0.2, 0) is 0 Å². The molecule has 3 radical (unpaired) electrons. The van der Waals surface area contributed by atoms with Crippen LogP contribution in [0.1, 0.15) is 0 Å². The second kappa shape index (κ2) is 4.89. The van der Waals surface area contributed by atoms with Crippen molar-refractivity contribution < 1.29 is 0 Å². The minimum absolute atomic E-state index is 0. The van der Waals surface area contributed by atoms with Crippen LogP contribution in [-0.4, -0.2) is 4.96 Å². The molecule has 0 rings (SSSR count). The Morgan fingerprint density at radius 1 is 1.00 bits per heavy atom. The molecule has 0 spiro atoms. The van der Waals surface area contributed by atoms with Gasteiger partial charge in [0, 0.05) is 6.15 Å². The van der Waals surface area contributed by atoms with E-state index >= 15 is 0 Å². The molecule has 1 nitrogen and oxygen atoms in total. The molecule has 5 heteroatoms. The highest BCUT2D eigenvalue weighted by Crippen LogP contribution is 1.97. The van der Waals surface area contributed by atoms with Crippen molar-refractivity contribution in [3.05, 3.63) is 0 Å². The Balaban J connectivity index is 0. The van der Waals surface area contributed by atoms with E-state index in [1.54, 1.807) is 0 Å². The van der Waals surface area contributed by atoms with E-state index in [0.717, 1.165) is 0 Å². The minimum Gasteiger partial charge on any atom is -0.150 e. The van der Waals surface area contributed by atoms with Crippen LogP contribution in [0.5, 0.6) is 0 Å². The standard InChI is InChI=1S/BCl3.N/c2-1(3)4;. The summed E-state index contributed by atoms with van der Waals surface area (Å²) in [5.41, 5.74) is 0. The number of hydrogen-bond acceptors (Lipinski definition) is 0. The first-order valence-electron chi connectivity index (χ1n) is 0.655. The summed E-state index contributed by atoms with van der Waals surface area (Å²) >= 11 is 14.4. The molecular formula is BCl3N. The van der Waals surface area contributed by atoms with Crippen molar-refractivity contribution in [2.75, 3.05) is 0 Å². The van der Waals surface area contributed by atoms with E-state index in [1.807, 2.05) is 0 Å². The Kier molecular flexibility index (Phi) is 9.11. The molecule has 0 unspecified atom stereocenters. The van der Waals surface area contributed by atoms with Crippen LogP contribution in [0.3, 0.4) is 0 Å². The molecule has 0 atom stereocenters. The maximum Gasteiger partial charge on any atom is 0.450 e. The van der Waals surface area contributed by atoms with E-state index in [2.05, 4.69) is 0 Å². The molecule has 0 N–H and O–H groups in total. The van der Waals surface area contributed by atoms with E-state index in [0.29, 0.717) is 0 Å². The lowest BCUT2D eigenvalue weighted by Crippen LogP contribution is -1.66. The summed E-state index contributed by atoms with van der Waals surface area (Å²) in [5.74, 6) is 0. The van der Waals surface area contributed by atoms with Gasteiger partial charge in [-0.2, -0.15) is 34.4 Å². The lowest BCUT2D eigenvalue weighted by molar-refractivity contribution is 2.13. The van der Waals surface area contributed by atoms with Crippen LogP contribution in [0.2, 0.25) is 0 Å². The lowest BCUT2D eigenvalue weighted by atomic mass is 10.7. The van der Waals surface area contributed by atoms with Crippen LogP contribution in [0, 0.1) is 0 Å². The number of nitrogens with zero attached hydrogens (tertiary/aromatic N) is 1. The summed E-state index contributed by atoms with van der Waals surface area (Å²) < 4.78 is 0. The quantitative estimate of drug-likeness (QED) is 0.442. The maximum atomic E-state index is 4.81. The van der Waals surface area contributed by atoms with Gasteiger partial charge in [0.1, 0.15) is 0 Å². The van der Waals surface area contributed by atoms with E-state index in [-0.39, 0.29) is 6.15 Å². The first-order valence-corrected chi connectivity index (χ1v) is 1.96. The van der Waals surface area contributed by atoms with E-state index in [1.165, 1.54) is 0 Å². The van der Waals surface area contributed by atoms with Gasteiger partial charge in [0.05, 0.1) is 0 Å². The Labute approximate surface area is 46.0 Å². The van der Waals surface area contributed by atoms with Gasteiger partial charge >= 0.3 is 4.96 Å². The zero-order valence-electron chi connectivity index (χ0n) is 2.16. The highest BCUT2D eigenvalue weighted by atomic mass is 35.6. The van der Waals surface area contributed by atoms with Crippen molar-refractivity contribution in [1.82, 2.24) is 6.15 Å². The normalized spacial score (nSPS) is 5.40. The van der Waals surface area contributed by atoms with Crippen LogP contribution >= 0.6 is 34.4 Å². The molecule has 0 amide bonds. The Hall–Kier alpha value is 0.895. The average Bonchev–Trinajstić information content (AvgIpc) is 0.811. The highest BCUT2D eigenvalue weighted by Gasteiger charge is 1.91. The summed E-state index contributed by atoms with van der Waals surface area (Å²) in [6.45, 7) is 0. The van der Waals surface area contributed by atoms with Crippen molar-refractivity contribution in [2.24, 2.45) is 0 Å². The van der Waals surface area contributed by atoms with Gasteiger partial charge in [-0.15, -0.1) is 0 Å².